The fraction of sp³-hybridized carbons (Fsp3) is 0.545. The molecule has 2 aromatic rings. The van der Waals surface area contributed by atoms with Gasteiger partial charge in [0.05, 0.1) is 30.8 Å². The molecule has 8 nitrogen and oxygen atoms in total. The lowest BCUT2D eigenvalue weighted by Crippen LogP contribution is -2.46. The third kappa shape index (κ3) is 4.32. The first kappa shape index (κ1) is 21.8. The summed E-state index contributed by atoms with van der Waals surface area (Å²) in [6.07, 6.45) is 5.41. The minimum atomic E-state index is -0.206. The quantitative estimate of drug-likeness (QED) is 0.703. The molecule has 0 spiro atoms. The Morgan fingerprint density at radius 1 is 1.23 bits per heavy atom. The average Bonchev–Trinajstić information content (AvgIpc) is 2.74. The number of hydrogen-bond acceptors (Lipinski definition) is 8. The smallest absolute Gasteiger partial charge is 0.223 e. The average molecular weight is 445 g/mol. The van der Waals surface area contributed by atoms with Gasteiger partial charge in [-0.25, -0.2) is 4.98 Å². The number of nitrogens with zero attached hydrogens (tertiary/aromatic N) is 5. The molecule has 4 heterocycles. The molecular weight excluding hydrogens is 416 g/mol. The number of pyridine rings is 1. The van der Waals surface area contributed by atoms with Crippen molar-refractivity contribution in [2.24, 2.45) is 5.92 Å². The topological polar surface area (TPSA) is 97.5 Å². The monoisotopic (exact) mass is 444 g/mol. The highest BCUT2D eigenvalue weighted by atomic mass is 35.5. The number of rotatable bonds is 5. The van der Waals surface area contributed by atoms with Crippen molar-refractivity contribution in [3.05, 3.63) is 33.7 Å². The number of carbonyl (C=O) groups excluding carboxylic acids is 1. The van der Waals surface area contributed by atoms with Crippen LogP contribution >= 0.6 is 11.6 Å². The van der Waals surface area contributed by atoms with E-state index < -0.39 is 0 Å². The summed E-state index contributed by atoms with van der Waals surface area (Å²) in [6, 6.07) is 0. The molecule has 1 fully saturated rings. The van der Waals surface area contributed by atoms with E-state index in [9.17, 15) is 4.79 Å². The number of hydrogen-bond donors (Lipinski definition) is 1. The van der Waals surface area contributed by atoms with Crippen LogP contribution in [0.3, 0.4) is 0 Å². The summed E-state index contributed by atoms with van der Waals surface area (Å²) in [5, 5.41) is 0.118. The maximum Gasteiger partial charge on any atom is 0.223 e. The molecule has 2 aromatic heterocycles. The third-order valence-corrected chi connectivity index (χ3v) is 6.51. The number of piperidine rings is 1. The predicted octanol–water partition coefficient (Wildman–Crippen LogP) is 3.04. The summed E-state index contributed by atoms with van der Waals surface area (Å²) >= 11 is 6.39. The van der Waals surface area contributed by atoms with Crippen molar-refractivity contribution in [2.75, 3.05) is 43.9 Å². The maximum absolute atomic E-state index is 13.3. The molecular formula is C22H29ClN6O2. The number of aromatic nitrogens is 3. The summed E-state index contributed by atoms with van der Waals surface area (Å²) in [4.78, 5) is 30.8. The van der Waals surface area contributed by atoms with Crippen LogP contribution in [0.25, 0.3) is 0 Å². The van der Waals surface area contributed by atoms with Gasteiger partial charge in [-0.1, -0.05) is 18.0 Å². The largest absolute Gasteiger partial charge is 0.496 e. The molecule has 0 aliphatic carbocycles. The molecule has 1 unspecified atom stereocenters. The number of ether oxygens (including phenoxy) is 1. The van der Waals surface area contributed by atoms with Gasteiger partial charge in [0.15, 0.2) is 5.78 Å². The van der Waals surface area contributed by atoms with E-state index in [1.165, 1.54) is 19.3 Å². The predicted molar refractivity (Wildman–Crippen MR) is 121 cm³/mol. The van der Waals surface area contributed by atoms with Crippen LogP contribution < -0.4 is 15.4 Å². The van der Waals surface area contributed by atoms with Crippen molar-refractivity contribution < 1.29 is 9.53 Å². The number of anilines is 2. The number of halogens is 1. The van der Waals surface area contributed by atoms with E-state index in [0.717, 1.165) is 35.7 Å². The Hall–Kier alpha value is -2.45. The Morgan fingerprint density at radius 3 is 2.68 bits per heavy atom. The number of methoxy groups -OCH3 is 1. The zero-order valence-corrected chi connectivity index (χ0v) is 19.1. The van der Waals surface area contributed by atoms with Crippen LogP contribution in [0.2, 0.25) is 5.15 Å². The SMILES string of the molecule is COc1c(C)cnc(CN2CC(CN3CCCCC3)C(=O)c3c(Cl)nc(N)nc32)c1C. The Bertz CT molecular complexity index is 992. The van der Waals surface area contributed by atoms with Gasteiger partial charge in [0, 0.05) is 30.4 Å². The molecule has 9 heteroatoms. The number of nitrogen functional groups attached to an aromatic ring is 1. The second kappa shape index (κ2) is 8.96. The molecule has 0 aromatic carbocycles. The number of ketones is 1. The molecule has 0 bridgehead atoms. The van der Waals surface area contributed by atoms with E-state index in [2.05, 4.69) is 24.8 Å². The molecule has 1 saturated heterocycles. The van der Waals surface area contributed by atoms with Crippen LogP contribution in [0.15, 0.2) is 6.20 Å². The van der Waals surface area contributed by atoms with E-state index in [4.69, 9.17) is 22.1 Å². The van der Waals surface area contributed by atoms with E-state index in [1.807, 2.05) is 20.0 Å². The summed E-state index contributed by atoms with van der Waals surface area (Å²) in [6.45, 7) is 7.74. The Kier molecular flexibility index (Phi) is 6.29. The normalized spacial score (nSPS) is 19.4. The van der Waals surface area contributed by atoms with Crippen LogP contribution in [0.1, 0.15) is 46.4 Å². The molecule has 0 saturated carbocycles. The van der Waals surface area contributed by atoms with Crippen LogP contribution in [0.4, 0.5) is 11.8 Å². The van der Waals surface area contributed by atoms with Gasteiger partial charge in [0.2, 0.25) is 5.95 Å². The highest BCUT2D eigenvalue weighted by Crippen LogP contribution is 2.35. The molecule has 1 atom stereocenters. The number of fused-ring (bicyclic) bond motifs is 1. The zero-order chi connectivity index (χ0) is 22.1. The Morgan fingerprint density at radius 2 is 1.97 bits per heavy atom. The van der Waals surface area contributed by atoms with Crippen LogP contribution in [-0.2, 0) is 6.54 Å². The number of Topliss-reactive ketones (excluding diaryl/α,β-unsaturated/α-hetero) is 1. The fourth-order valence-electron chi connectivity index (χ4n) is 4.66. The summed E-state index contributed by atoms with van der Waals surface area (Å²) in [5.41, 5.74) is 9.06. The first-order valence-electron chi connectivity index (χ1n) is 10.7. The van der Waals surface area contributed by atoms with Gasteiger partial charge in [0.1, 0.15) is 16.7 Å². The van der Waals surface area contributed by atoms with Crippen molar-refractivity contribution in [2.45, 2.75) is 39.7 Å². The van der Waals surface area contributed by atoms with Gasteiger partial charge in [0.25, 0.3) is 0 Å². The van der Waals surface area contributed by atoms with Crippen molar-refractivity contribution in [1.82, 2.24) is 19.9 Å². The van der Waals surface area contributed by atoms with E-state index in [1.54, 1.807) is 7.11 Å². The lowest BCUT2D eigenvalue weighted by molar-refractivity contribution is 0.0862. The van der Waals surface area contributed by atoms with Gasteiger partial charge in [-0.15, -0.1) is 0 Å². The minimum absolute atomic E-state index is 0.00649. The van der Waals surface area contributed by atoms with Gasteiger partial charge in [-0.3, -0.25) is 9.78 Å². The van der Waals surface area contributed by atoms with E-state index in [0.29, 0.717) is 31.0 Å². The zero-order valence-electron chi connectivity index (χ0n) is 18.3. The number of aryl methyl sites for hydroxylation is 1. The van der Waals surface area contributed by atoms with Gasteiger partial charge in [-0.05, 0) is 39.8 Å². The van der Waals surface area contributed by atoms with Crippen LogP contribution in [-0.4, -0.2) is 58.9 Å². The first-order chi connectivity index (χ1) is 14.9. The third-order valence-electron chi connectivity index (χ3n) is 6.24. The lowest BCUT2D eigenvalue weighted by atomic mass is 9.92. The molecule has 0 amide bonds. The standard InChI is InChI=1S/C22H29ClN6O2/c1-13-9-25-16(14(2)19(13)31-3)12-29-11-15(10-28-7-5-4-6-8-28)18(30)17-20(23)26-22(24)27-21(17)29/h9,15H,4-8,10-12H2,1-3H3,(H2,24,26,27). The number of nitrogens with two attached hydrogens (primary N) is 1. The highest BCUT2D eigenvalue weighted by Gasteiger charge is 2.37. The lowest BCUT2D eigenvalue weighted by Gasteiger charge is -2.37. The Balaban J connectivity index is 1.69. The number of carbonyl (C=O) groups is 1. The van der Waals surface area contributed by atoms with Crippen molar-refractivity contribution in [3.63, 3.8) is 0 Å². The summed E-state index contributed by atoms with van der Waals surface area (Å²) in [7, 11) is 1.66. The molecule has 166 valence electrons. The van der Waals surface area contributed by atoms with Gasteiger partial charge >= 0.3 is 0 Å². The molecule has 2 N–H and O–H groups in total. The minimum Gasteiger partial charge on any atom is -0.496 e. The van der Waals surface area contributed by atoms with Crippen LogP contribution in [0.5, 0.6) is 5.75 Å². The Labute approximate surface area is 187 Å². The van der Waals surface area contributed by atoms with Gasteiger partial charge in [-0.2, -0.15) is 4.98 Å². The van der Waals surface area contributed by atoms with Crippen molar-refractivity contribution >= 4 is 29.2 Å². The maximum atomic E-state index is 13.3. The van der Waals surface area contributed by atoms with Crippen molar-refractivity contribution in [3.8, 4) is 5.75 Å². The van der Waals surface area contributed by atoms with Gasteiger partial charge < -0.3 is 20.3 Å². The molecule has 4 rings (SSSR count). The molecule has 2 aliphatic heterocycles. The number of likely N-dealkylation sites (tertiary alicyclic amines) is 1. The second-order valence-corrected chi connectivity index (χ2v) is 8.78. The van der Waals surface area contributed by atoms with Crippen LogP contribution in [0, 0.1) is 19.8 Å². The molecule has 2 aliphatic rings. The van der Waals surface area contributed by atoms with E-state index >= 15 is 0 Å². The summed E-state index contributed by atoms with van der Waals surface area (Å²) in [5.74, 6) is 1.15. The van der Waals surface area contributed by atoms with E-state index in [-0.39, 0.29) is 22.8 Å². The summed E-state index contributed by atoms with van der Waals surface area (Å²) < 4.78 is 5.57. The highest BCUT2D eigenvalue weighted by molar-refractivity contribution is 6.34. The second-order valence-electron chi connectivity index (χ2n) is 8.42. The first-order valence-corrected chi connectivity index (χ1v) is 11.1. The molecule has 0 radical (unpaired) electrons. The van der Waals surface area contributed by atoms with Crippen molar-refractivity contribution in [1.29, 1.82) is 0 Å². The molecule has 31 heavy (non-hydrogen) atoms. The fourth-order valence-corrected chi connectivity index (χ4v) is 4.93.